The van der Waals surface area contributed by atoms with Crippen molar-refractivity contribution in [2.75, 3.05) is 13.2 Å². The van der Waals surface area contributed by atoms with E-state index in [9.17, 15) is 9.59 Å². The zero-order valence-electron chi connectivity index (χ0n) is 15.9. The van der Waals surface area contributed by atoms with Crippen molar-refractivity contribution < 1.29 is 19.1 Å². The predicted octanol–water partition coefficient (Wildman–Crippen LogP) is 3.52. The number of hydrogen-bond acceptors (Lipinski definition) is 4. The second kappa shape index (κ2) is 11.1. The Hall–Kier alpha value is -2.66. The van der Waals surface area contributed by atoms with Crippen LogP contribution in [0.3, 0.4) is 0 Å². The topological polar surface area (TPSA) is 64.6 Å². The minimum absolute atomic E-state index is 0.154. The summed E-state index contributed by atoms with van der Waals surface area (Å²) in [6.07, 6.45) is 1.89. The fourth-order valence-electron chi connectivity index (χ4n) is 2.43. The smallest absolute Gasteiger partial charge is 0.338 e. The van der Waals surface area contributed by atoms with Gasteiger partial charge >= 0.3 is 5.97 Å². The lowest BCUT2D eigenvalue weighted by atomic mass is 10.1. The third-order valence-corrected chi connectivity index (χ3v) is 3.91. The van der Waals surface area contributed by atoms with E-state index in [2.05, 4.69) is 17.4 Å². The molecule has 144 valence electrons. The number of esters is 1. The van der Waals surface area contributed by atoms with Crippen LogP contribution < -0.4 is 5.32 Å². The van der Waals surface area contributed by atoms with E-state index in [4.69, 9.17) is 9.47 Å². The Labute approximate surface area is 160 Å². The average Bonchev–Trinajstić information content (AvgIpc) is 2.69. The highest BCUT2D eigenvalue weighted by atomic mass is 16.5. The Morgan fingerprint density at radius 3 is 2.33 bits per heavy atom. The van der Waals surface area contributed by atoms with Crippen LogP contribution in [-0.2, 0) is 27.3 Å². The van der Waals surface area contributed by atoms with Gasteiger partial charge in [-0.15, -0.1) is 0 Å². The summed E-state index contributed by atoms with van der Waals surface area (Å²) >= 11 is 0. The van der Waals surface area contributed by atoms with Gasteiger partial charge in [0.2, 0.25) is 0 Å². The van der Waals surface area contributed by atoms with Crippen molar-refractivity contribution in [2.24, 2.45) is 0 Å². The maximum atomic E-state index is 12.0. The molecule has 0 atom stereocenters. The molecule has 0 saturated heterocycles. The number of ether oxygens (including phenoxy) is 2. The lowest BCUT2D eigenvalue weighted by molar-refractivity contribution is -0.124. The van der Waals surface area contributed by atoms with Gasteiger partial charge in [-0.2, -0.15) is 0 Å². The van der Waals surface area contributed by atoms with Crippen LogP contribution in [-0.4, -0.2) is 31.1 Å². The molecule has 1 N–H and O–H groups in total. The van der Waals surface area contributed by atoms with Crippen molar-refractivity contribution in [3.05, 3.63) is 71.3 Å². The van der Waals surface area contributed by atoms with Gasteiger partial charge in [0.1, 0.15) is 0 Å². The lowest BCUT2D eigenvalue weighted by Gasteiger charge is -2.09. The molecule has 0 radical (unpaired) electrons. The zero-order valence-corrected chi connectivity index (χ0v) is 15.9. The molecular formula is C22H27NO4. The zero-order chi connectivity index (χ0) is 19.5. The van der Waals surface area contributed by atoms with E-state index in [-0.39, 0.29) is 18.6 Å². The number of amides is 1. The van der Waals surface area contributed by atoms with Crippen LogP contribution >= 0.6 is 0 Å². The van der Waals surface area contributed by atoms with E-state index in [0.717, 1.165) is 18.4 Å². The summed E-state index contributed by atoms with van der Waals surface area (Å²) in [4.78, 5) is 23.8. The van der Waals surface area contributed by atoms with Crippen molar-refractivity contribution in [1.29, 1.82) is 0 Å². The molecule has 0 aliphatic heterocycles. The molecule has 0 saturated carbocycles. The van der Waals surface area contributed by atoms with Gasteiger partial charge in [0.05, 0.1) is 18.3 Å². The number of nitrogens with one attached hydrogen (secondary N) is 1. The first-order valence-corrected chi connectivity index (χ1v) is 9.23. The van der Waals surface area contributed by atoms with Gasteiger partial charge in [-0.3, -0.25) is 4.79 Å². The standard InChI is InChI=1S/C22H27NO4/c1-17(2)26-15-19-10-12-20(13-11-19)22(25)27-16-21(24)23-14-6-9-18-7-4-3-5-8-18/h3-5,7-8,10-13,17H,6,9,14-16H2,1-2H3,(H,23,24). The molecule has 1 amide bonds. The first-order valence-electron chi connectivity index (χ1n) is 9.23. The summed E-state index contributed by atoms with van der Waals surface area (Å²) in [5.41, 5.74) is 2.64. The first-order chi connectivity index (χ1) is 13.0. The minimum atomic E-state index is -0.509. The van der Waals surface area contributed by atoms with Crippen molar-refractivity contribution in [3.8, 4) is 0 Å². The van der Waals surface area contributed by atoms with Crippen LogP contribution in [0.4, 0.5) is 0 Å². The molecule has 0 bridgehead atoms. The first kappa shape index (κ1) is 20.6. The van der Waals surface area contributed by atoms with Crippen LogP contribution in [0, 0.1) is 0 Å². The molecule has 5 nitrogen and oxygen atoms in total. The van der Waals surface area contributed by atoms with Crippen molar-refractivity contribution in [3.63, 3.8) is 0 Å². The van der Waals surface area contributed by atoms with Crippen LogP contribution in [0.15, 0.2) is 54.6 Å². The van der Waals surface area contributed by atoms with E-state index in [0.29, 0.717) is 18.7 Å². The molecule has 0 aromatic heterocycles. The minimum Gasteiger partial charge on any atom is -0.452 e. The highest BCUT2D eigenvalue weighted by molar-refractivity contribution is 5.91. The maximum Gasteiger partial charge on any atom is 0.338 e. The monoisotopic (exact) mass is 369 g/mol. The van der Waals surface area contributed by atoms with Gasteiger partial charge in [-0.05, 0) is 49.9 Å². The molecule has 2 aromatic carbocycles. The Bertz CT molecular complexity index is 711. The fourth-order valence-corrected chi connectivity index (χ4v) is 2.43. The summed E-state index contributed by atoms with van der Waals surface area (Å²) in [6, 6.07) is 17.1. The van der Waals surface area contributed by atoms with Gasteiger partial charge < -0.3 is 14.8 Å². The second-order valence-corrected chi connectivity index (χ2v) is 6.57. The summed E-state index contributed by atoms with van der Waals surface area (Å²) in [5, 5.41) is 2.76. The number of benzene rings is 2. The highest BCUT2D eigenvalue weighted by Crippen LogP contribution is 2.08. The normalized spacial score (nSPS) is 10.6. The second-order valence-electron chi connectivity index (χ2n) is 6.57. The Morgan fingerprint density at radius 2 is 1.67 bits per heavy atom. The molecule has 0 aliphatic carbocycles. The third kappa shape index (κ3) is 8.05. The molecule has 0 unspecified atom stereocenters. The quantitative estimate of drug-likeness (QED) is 0.514. The Kier molecular flexibility index (Phi) is 8.52. The lowest BCUT2D eigenvalue weighted by Crippen LogP contribution is -2.29. The Balaban J connectivity index is 1.64. The van der Waals surface area contributed by atoms with E-state index in [1.807, 2.05) is 44.2 Å². The molecule has 0 spiro atoms. The van der Waals surface area contributed by atoms with Gasteiger partial charge in [0.15, 0.2) is 6.61 Å². The van der Waals surface area contributed by atoms with E-state index in [1.54, 1.807) is 12.1 Å². The number of aryl methyl sites for hydroxylation is 1. The van der Waals surface area contributed by atoms with Crippen molar-refractivity contribution in [2.45, 2.75) is 39.4 Å². The summed E-state index contributed by atoms with van der Waals surface area (Å²) in [6.45, 7) is 4.72. The highest BCUT2D eigenvalue weighted by Gasteiger charge is 2.10. The number of hydrogen-bond donors (Lipinski definition) is 1. The SMILES string of the molecule is CC(C)OCc1ccc(C(=O)OCC(=O)NCCCc2ccccc2)cc1. The summed E-state index contributed by atoms with van der Waals surface area (Å²) in [5.74, 6) is -0.802. The average molecular weight is 369 g/mol. The molecule has 0 aliphatic rings. The fraction of sp³-hybridized carbons (Fsp3) is 0.364. The van der Waals surface area contributed by atoms with Gasteiger partial charge in [0, 0.05) is 6.54 Å². The number of carbonyl (C=O) groups is 2. The molecule has 2 aromatic rings. The largest absolute Gasteiger partial charge is 0.452 e. The predicted molar refractivity (Wildman–Crippen MR) is 104 cm³/mol. The number of rotatable bonds is 10. The van der Waals surface area contributed by atoms with Gasteiger partial charge in [-0.1, -0.05) is 42.5 Å². The van der Waals surface area contributed by atoms with Gasteiger partial charge in [0.25, 0.3) is 5.91 Å². The van der Waals surface area contributed by atoms with E-state index >= 15 is 0 Å². The molecule has 2 rings (SSSR count). The summed E-state index contributed by atoms with van der Waals surface area (Å²) < 4.78 is 10.6. The van der Waals surface area contributed by atoms with Crippen molar-refractivity contribution in [1.82, 2.24) is 5.32 Å². The van der Waals surface area contributed by atoms with Crippen molar-refractivity contribution >= 4 is 11.9 Å². The number of carbonyl (C=O) groups excluding carboxylic acids is 2. The Morgan fingerprint density at radius 1 is 0.963 bits per heavy atom. The third-order valence-electron chi connectivity index (χ3n) is 3.91. The van der Waals surface area contributed by atoms with E-state index < -0.39 is 5.97 Å². The van der Waals surface area contributed by atoms with Crippen LogP contribution in [0.1, 0.15) is 41.8 Å². The van der Waals surface area contributed by atoms with Crippen LogP contribution in [0.5, 0.6) is 0 Å². The van der Waals surface area contributed by atoms with Crippen LogP contribution in [0.25, 0.3) is 0 Å². The molecule has 0 heterocycles. The molecular weight excluding hydrogens is 342 g/mol. The summed E-state index contributed by atoms with van der Waals surface area (Å²) in [7, 11) is 0. The van der Waals surface area contributed by atoms with E-state index in [1.165, 1.54) is 5.56 Å². The van der Waals surface area contributed by atoms with Gasteiger partial charge in [-0.25, -0.2) is 4.79 Å². The molecule has 27 heavy (non-hydrogen) atoms. The molecule has 0 fully saturated rings. The van der Waals surface area contributed by atoms with Crippen LogP contribution in [0.2, 0.25) is 0 Å². The maximum absolute atomic E-state index is 12.0. The molecule has 5 heteroatoms.